The van der Waals surface area contributed by atoms with Gasteiger partial charge in [0, 0.05) is 6.42 Å². The largest absolute Gasteiger partial charge is 0.370 e. The second kappa shape index (κ2) is 5.43. The molecule has 0 aliphatic carbocycles. The quantitative estimate of drug-likeness (QED) is 0.760. The number of carbonyl (C=O) groups excluding carboxylic acids is 1. The first-order chi connectivity index (χ1) is 6.74. The van der Waals surface area contributed by atoms with Gasteiger partial charge < -0.3 is 5.73 Å². The maximum absolute atomic E-state index is 10.7. The van der Waals surface area contributed by atoms with Crippen LogP contribution in [0.25, 0.3) is 0 Å². The number of amides is 1. The van der Waals surface area contributed by atoms with Gasteiger partial charge in [-0.05, 0) is 24.0 Å². The fraction of sp³-hybridized carbons (Fsp3) is 0.417. The Hall–Kier alpha value is -1.31. The molecule has 0 saturated heterocycles. The summed E-state index contributed by atoms with van der Waals surface area (Å²) in [6.07, 6.45) is 3.43. The average Bonchev–Trinajstić information content (AvgIpc) is 2.17. The predicted molar refractivity (Wildman–Crippen MR) is 58.0 cm³/mol. The third-order valence-electron chi connectivity index (χ3n) is 2.28. The molecular formula is C12H17NO. The lowest BCUT2D eigenvalue weighted by Crippen LogP contribution is -2.11. The summed E-state index contributed by atoms with van der Waals surface area (Å²) >= 11 is 0. The van der Waals surface area contributed by atoms with Crippen LogP contribution in [0.3, 0.4) is 0 Å². The SMILES string of the molecule is CCCc1ccccc1CCC(N)=O. The van der Waals surface area contributed by atoms with Gasteiger partial charge in [-0.25, -0.2) is 0 Å². The van der Waals surface area contributed by atoms with Gasteiger partial charge in [-0.1, -0.05) is 37.6 Å². The van der Waals surface area contributed by atoms with Crippen LogP contribution in [0.4, 0.5) is 0 Å². The number of carbonyl (C=O) groups is 1. The average molecular weight is 191 g/mol. The summed E-state index contributed by atoms with van der Waals surface area (Å²) in [6, 6.07) is 8.25. The van der Waals surface area contributed by atoms with Crippen LogP contribution in [0.5, 0.6) is 0 Å². The van der Waals surface area contributed by atoms with E-state index in [0.717, 1.165) is 19.3 Å². The molecule has 1 aromatic carbocycles. The predicted octanol–water partition coefficient (Wildman–Crippen LogP) is 2.06. The molecule has 0 aromatic heterocycles. The van der Waals surface area contributed by atoms with Gasteiger partial charge in [0.1, 0.15) is 0 Å². The second-order valence-corrected chi connectivity index (χ2v) is 3.49. The molecule has 1 rings (SSSR count). The van der Waals surface area contributed by atoms with Crippen molar-refractivity contribution >= 4 is 5.91 Å². The minimum absolute atomic E-state index is 0.226. The van der Waals surface area contributed by atoms with Gasteiger partial charge in [0.2, 0.25) is 5.91 Å². The van der Waals surface area contributed by atoms with Crippen molar-refractivity contribution in [2.75, 3.05) is 0 Å². The van der Waals surface area contributed by atoms with E-state index in [1.807, 2.05) is 12.1 Å². The van der Waals surface area contributed by atoms with E-state index in [1.165, 1.54) is 11.1 Å². The highest BCUT2D eigenvalue weighted by atomic mass is 16.1. The highest BCUT2D eigenvalue weighted by Crippen LogP contribution is 2.12. The molecule has 0 fully saturated rings. The summed E-state index contributed by atoms with van der Waals surface area (Å²) in [7, 11) is 0. The van der Waals surface area contributed by atoms with Crippen LogP contribution in [0.2, 0.25) is 0 Å². The van der Waals surface area contributed by atoms with Crippen LogP contribution < -0.4 is 5.73 Å². The first-order valence-corrected chi connectivity index (χ1v) is 5.09. The molecule has 1 aromatic rings. The van der Waals surface area contributed by atoms with Crippen molar-refractivity contribution in [2.24, 2.45) is 5.73 Å². The molecule has 0 unspecified atom stereocenters. The molecule has 2 N–H and O–H groups in total. The van der Waals surface area contributed by atoms with Gasteiger partial charge in [-0.2, -0.15) is 0 Å². The highest BCUT2D eigenvalue weighted by molar-refractivity contribution is 5.74. The summed E-state index contributed by atoms with van der Waals surface area (Å²) in [6.45, 7) is 2.16. The Balaban J connectivity index is 2.68. The van der Waals surface area contributed by atoms with Gasteiger partial charge in [-0.3, -0.25) is 4.79 Å². The number of aryl methyl sites for hydroxylation is 2. The van der Waals surface area contributed by atoms with Crippen molar-refractivity contribution in [2.45, 2.75) is 32.6 Å². The summed E-state index contributed by atoms with van der Waals surface area (Å²) in [5.74, 6) is -0.226. The Morgan fingerprint density at radius 2 is 1.79 bits per heavy atom. The van der Waals surface area contributed by atoms with Gasteiger partial charge in [0.15, 0.2) is 0 Å². The van der Waals surface area contributed by atoms with E-state index in [1.54, 1.807) is 0 Å². The Kier molecular flexibility index (Phi) is 4.17. The van der Waals surface area contributed by atoms with Crippen molar-refractivity contribution in [3.63, 3.8) is 0 Å². The monoisotopic (exact) mass is 191 g/mol. The third-order valence-corrected chi connectivity index (χ3v) is 2.28. The van der Waals surface area contributed by atoms with E-state index < -0.39 is 0 Å². The zero-order valence-corrected chi connectivity index (χ0v) is 8.62. The zero-order chi connectivity index (χ0) is 10.4. The number of rotatable bonds is 5. The molecule has 0 aliphatic rings. The minimum Gasteiger partial charge on any atom is -0.370 e. The number of benzene rings is 1. The topological polar surface area (TPSA) is 43.1 Å². The van der Waals surface area contributed by atoms with E-state index in [-0.39, 0.29) is 5.91 Å². The standard InChI is InChI=1S/C12H17NO/c1-2-5-10-6-3-4-7-11(10)8-9-12(13)14/h3-4,6-7H,2,5,8-9H2,1H3,(H2,13,14). The number of hydrogen-bond acceptors (Lipinski definition) is 1. The molecule has 14 heavy (non-hydrogen) atoms. The maximum atomic E-state index is 10.7. The van der Waals surface area contributed by atoms with Crippen LogP contribution in [-0.4, -0.2) is 5.91 Å². The fourth-order valence-corrected chi connectivity index (χ4v) is 1.57. The van der Waals surface area contributed by atoms with Crippen LogP contribution in [0.15, 0.2) is 24.3 Å². The molecule has 0 bridgehead atoms. The number of hydrogen-bond donors (Lipinski definition) is 1. The van der Waals surface area contributed by atoms with Crippen molar-refractivity contribution < 1.29 is 4.79 Å². The van der Waals surface area contributed by atoms with Gasteiger partial charge >= 0.3 is 0 Å². The van der Waals surface area contributed by atoms with Crippen molar-refractivity contribution in [1.82, 2.24) is 0 Å². The first kappa shape index (κ1) is 10.8. The molecule has 0 aliphatic heterocycles. The molecule has 76 valence electrons. The molecule has 0 radical (unpaired) electrons. The molecule has 0 spiro atoms. The normalized spacial score (nSPS) is 10.1. The molecule has 0 atom stereocenters. The summed E-state index contributed by atoms with van der Waals surface area (Å²) in [5.41, 5.74) is 7.73. The van der Waals surface area contributed by atoms with E-state index in [9.17, 15) is 4.79 Å². The van der Waals surface area contributed by atoms with E-state index in [4.69, 9.17) is 5.73 Å². The van der Waals surface area contributed by atoms with Gasteiger partial charge in [0.05, 0.1) is 0 Å². The van der Waals surface area contributed by atoms with Crippen LogP contribution >= 0.6 is 0 Å². The van der Waals surface area contributed by atoms with Gasteiger partial charge in [-0.15, -0.1) is 0 Å². The third kappa shape index (κ3) is 3.21. The second-order valence-electron chi connectivity index (χ2n) is 3.49. The number of nitrogens with two attached hydrogens (primary N) is 1. The smallest absolute Gasteiger partial charge is 0.217 e. The Morgan fingerprint density at radius 1 is 1.21 bits per heavy atom. The Bertz CT molecular complexity index is 307. The Labute approximate surface area is 85.1 Å². The summed E-state index contributed by atoms with van der Waals surface area (Å²) in [4.78, 5) is 10.7. The van der Waals surface area contributed by atoms with Crippen molar-refractivity contribution in [3.8, 4) is 0 Å². The fourth-order valence-electron chi connectivity index (χ4n) is 1.57. The number of primary amides is 1. The minimum atomic E-state index is -0.226. The van der Waals surface area contributed by atoms with Crippen LogP contribution in [0, 0.1) is 0 Å². The molecule has 0 saturated carbocycles. The maximum Gasteiger partial charge on any atom is 0.217 e. The molecule has 2 nitrogen and oxygen atoms in total. The molecule has 1 amide bonds. The van der Waals surface area contributed by atoms with E-state index in [2.05, 4.69) is 19.1 Å². The van der Waals surface area contributed by atoms with Crippen LogP contribution in [-0.2, 0) is 17.6 Å². The summed E-state index contributed by atoms with van der Waals surface area (Å²) < 4.78 is 0. The van der Waals surface area contributed by atoms with E-state index >= 15 is 0 Å². The Morgan fingerprint density at radius 3 is 2.29 bits per heavy atom. The van der Waals surface area contributed by atoms with Crippen molar-refractivity contribution in [1.29, 1.82) is 0 Å². The van der Waals surface area contributed by atoms with Crippen molar-refractivity contribution in [3.05, 3.63) is 35.4 Å². The van der Waals surface area contributed by atoms with Gasteiger partial charge in [0.25, 0.3) is 0 Å². The molecule has 0 heterocycles. The molecule has 2 heteroatoms. The van der Waals surface area contributed by atoms with Crippen LogP contribution in [0.1, 0.15) is 30.9 Å². The van der Waals surface area contributed by atoms with E-state index in [0.29, 0.717) is 6.42 Å². The lowest BCUT2D eigenvalue weighted by molar-refractivity contribution is -0.117. The zero-order valence-electron chi connectivity index (χ0n) is 8.62. The summed E-state index contributed by atoms with van der Waals surface area (Å²) in [5, 5.41) is 0. The highest BCUT2D eigenvalue weighted by Gasteiger charge is 2.02. The lowest BCUT2D eigenvalue weighted by Gasteiger charge is -2.06. The molecular weight excluding hydrogens is 174 g/mol. The lowest BCUT2D eigenvalue weighted by atomic mass is 9.99. The first-order valence-electron chi connectivity index (χ1n) is 5.09.